The van der Waals surface area contributed by atoms with Gasteiger partial charge >= 0.3 is 5.97 Å². The van der Waals surface area contributed by atoms with E-state index in [0.717, 1.165) is 5.56 Å². The molecule has 1 amide bonds. The standard InChI is InChI=1S/C17H14ClN5O4/c18-16-11(6-13(24)15(20-16)17(27)19-7-14(25)26)12-9-23(22-21-12)8-10-4-2-1-3-5-10/h1-6,9,24H,7-8H2,(H,19,27)(H,25,26). The molecule has 0 aliphatic rings. The minimum atomic E-state index is -1.22. The number of pyridine rings is 1. The Bertz CT molecular complexity index is 990. The Morgan fingerprint density at radius 3 is 2.67 bits per heavy atom. The monoisotopic (exact) mass is 387 g/mol. The molecule has 1 aromatic carbocycles. The molecule has 0 saturated heterocycles. The fourth-order valence-electron chi connectivity index (χ4n) is 2.34. The topological polar surface area (TPSA) is 130 Å². The number of carbonyl (C=O) groups excluding carboxylic acids is 1. The van der Waals surface area contributed by atoms with Crippen LogP contribution < -0.4 is 5.32 Å². The fraction of sp³-hybridized carbons (Fsp3) is 0.118. The number of aromatic nitrogens is 4. The maximum atomic E-state index is 11.9. The molecule has 0 spiro atoms. The van der Waals surface area contributed by atoms with Crippen molar-refractivity contribution in [2.75, 3.05) is 6.54 Å². The average molecular weight is 388 g/mol. The van der Waals surface area contributed by atoms with Crippen molar-refractivity contribution in [1.82, 2.24) is 25.3 Å². The maximum absolute atomic E-state index is 11.9. The maximum Gasteiger partial charge on any atom is 0.322 e. The van der Waals surface area contributed by atoms with Crippen LogP contribution >= 0.6 is 11.6 Å². The van der Waals surface area contributed by atoms with Gasteiger partial charge in [0.2, 0.25) is 0 Å². The Balaban J connectivity index is 1.82. The van der Waals surface area contributed by atoms with Crippen LogP contribution in [0.5, 0.6) is 5.75 Å². The van der Waals surface area contributed by atoms with Crippen LogP contribution in [0.3, 0.4) is 0 Å². The molecule has 3 rings (SSSR count). The fourth-order valence-corrected chi connectivity index (χ4v) is 2.57. The van der Waals surface area contributed by atoms with Gasteiger partial charge in [0.25, 0.3) is 5.91 Å². The van der Waals surface area contributed by atoms with Gasteiger partial charge in [-0.05, 0) is 11.6 Å². The normalized spacial score (nSPS) is 10.6. The quantitative estimate of drug-likeness (QED) is 0.547. The molecule has 0 saturated carbocycles. The molecule has 0 aliphatic heterocycles. The predicted octanol–water partition coefficient (Wildman–Crippen LogP) is 1.56. The van der Waals surface area contributed by atoms with Crippen molar-refractivity contribution in [3.05, 3.63) is 59.0 Å². The van der Waals surface area contributed by atoms with Crippen LogP contribution in [-0.4, -0.2) is 48.6 Å². The van der Waals surface area contributed by atoms with Crippen LogP contribution in [0.4, 0.5) is 0 Å². The number of benzene rings is 1. The summed E-state index contributed by atoms with van der Waals surface area (Å²) in [6.45, 7) is -0.103. The molecule has 0 radical (unpaired) electrons. The van der Waals surface area contributed by atoms with E-state index in [1.807, 2.05) is 30.3 Å². The molecule has 138 valence electrons. The number of nitrogens with one attached hydrogen (secondary N) is 1. The molecule has 3 aromatic rings. The summed E-state index contributed by atoms with van der Waals surface area (Å²) in [5, 5.41) is 28.7. The molecule has 2 heterocycles. The third-order valence-electron chi connectivity index (χ3n) is 3.57. The number of amides is 1. The number of hydrogen-bond acceptors (Lipinski definition) is 6. The summed E-state index contributed by atoms with van der Waals surface area (Å²) in [6, 6.07) is 10.9. The van der Waals surface area contributed by atoms with Gasteiger partial charge < -0.3 is 15.5 Å². The summed E-state index contributed by atoms with van der Waals surface area (Å²) in [7, 11) is 0. The zero-order valence-electron chi connectivity index (χ0n) is 13.8. The van der Waals surface area contributed by atoms with Gasteiger partial charge in [-0.3, -0.25) is 9.59 Å². The number of carbonyl (C=O) groups is 2. The highest BCUT2D eigenvalue weighted by Gasteiger charge is 2.19. The summed E-state index contributed by atoms with van der Waals surface area (Å²) in [4.78, 5) is 26.3. The summed E-state index contributed by atoms with van der Waals surface area (Å²) in [6.07, 6.45) is 1.64. The van der Waals surface area contributed by atoms with Crippen molar-refractivity contribution in [2.24, 2.45) is 0 Å². The second kappa shape index (κ2) is 7.83. The Hall–Kier alpha value is -3.46. The lowest BCUT2D eigenvalue weighted by atomic mass is 10.2. The largest absolute Gasteiger partial charge is 0.505 e. The van der Waals surface area contributed by atoms with Crippen molar-refractivity contribution in [2.45, 2.75) is 6.54 Å². The molecule has 0 unspecified atom stereocenters. The minimum Gasteiger partial charge on any atom is -0.505 e. The second-order valence-corrected chi connectivity index (χ2v) is 5.92. The predicted molar refractivity (Wildman–Crippen MR) is 95.4 cm³/mol. The van der Waals surface area contributed by atoms with Gasteiger partial charge in [-0.15, -0.1) is 5.10 Å². The van der Waals surface area contributed by atoms with E-state index < -0.39 is 24.2 Å². The number of hydrogen-bond donors (Lipinski definition) is 3. The number of nitrogens with zero attached hydrogens (tertiary/aromatic N) is 4. The highest BCUT2D eigenvalue weighted by molar-refractivity contribution is 6.32. The van der Waals surface area contributed by atoms with Crippen molar-refractivity contribution < 1.29 is 19.8 Å². The second-order valence-electron chi connectivity index (χ2n) is 5.56. The summed E-state index contributed by atoms with van der Waals surface area (Å²) < 4.78 is 1.60. The lowest BCUT2D eigenvalue weighted by molar-refractivity contribution is -0.135. The van der Waals surface area contributed by atoms with E-state index >= 15 is 0 Å². The molecule has 0 atom stereocenters. The molecule has 10 heteroatoms. The molecule has 0 fully saturated rings. The van der Waals surface area contributed by atoms with E-state index in [9.17, 15) is 14.7 Å². The Labute approximate surface area is 158 Å². The highest BCUT2D eigenvalue weighted by atomic mass is 35.5. The van der Waals surface area contributed by atoms with Crippen LogP contribution in [0, 0.1) is 0 Å². The van der Waals surface area contributed by atoms with Gasteiger partial charge in [0.1, 0.15) is 23.1 Å². The van der Waals surface area contributed by atoms with Crippen LogP contribution in [0.1, 0.15) is 16.1 Å². The SMILES string of the molecule is O=C(O)CNC(=O)c1nc(Cl)c(-c2cn(Cc3ccccc3)nn2)cc1O. The molecular formula is C17H14ClN5O4. The first-order valence-corrected chi connectivity index (χ1v) is 8.16. The minimum absolute atomic E-state index is 0.0694. The lowest BCUT2D eigenvalue weighted by Crippen LogP contribution is -2.30. The number of aromatic hydroxyl groups is 1. The summed E-state index contributed by atoms with van der Waals surface area (Å²) >= 11 is 6.12. The van der Waals surface area contributed by atoms with Crippen molar-refractivity contribution in [3.63, 3.8) is 0 Å². The number of rotatable bonds is 6. The van der Waals surface area contributed by atoms with Gasteiger partial charge in [0.05, 0.1) is 12.7 Å². The number of carboxylic acid groups (broad SMARTS) is 1. The smallest absolute Gasteiger partial charge is 0.322 e. The van der Waals surface area contributed by atoms with E-state index in [-0.39, 0.29) is 10.8 Å². The molecule has 2 aromatic heterocycles. The summed E-state index contributed by atoms with van der Waals surface area (Å²) in [5.74, 6) is -2.52. The molecular weight excluding hydrogens is 374 g/mol. The van der Waals surface area contributed by atoms with Gasteiger partial charge in [-0.2, -0.15) is 0 Å². The van der Waals surface area contributed by atoms with Crippen molar-refractivity contribution in [1.29, 1.82) is 0 Å². The van der Waals surface area contributed by atoms with E-state index in [1.54, 1.807) is 10.9 Å². The Morgan fingerprint density at radius 2 is 1.96 bits per heavy atom. The zero-order valence-corrected chi connectivity index (χ0v) is 14.6. The summed E-state index contributed by atoms with van der Waals surface area (Å²) in [5.41, 5.74) is 1.33. The van der Waals surface area contributed by atoms with E-state index in [2.05, 4.69) is 20.6 Å². The molecule has 27 heavy (non-hydrogen) atoms. The van der Waals surface area contributed by atoms with Crippen LogP contribution in [-0.2, 0) is 11.3 Å². The lowest BCUT2D eigenvalue weighted by Gasteiger charge is -2.07. The highest BCUT2D eigenvalue weighted by Crippen LogP contribution is 2.30. The Morgan fingerprint density at radius 1 is 1.22 bits per heavy atom. The Kier molecular flexibility index (Phi) is 5.32. The molecule has 0 bridgehead atoms. The molecule has 3 N–H and O–H groups in total. The molecule has 0 aliphatic carbocycles. The number of halogens is 1. The van der Waals surface area contributed by atoms with Crippen LogP contribution in [0.15, 0.2) is 42.6 Å². The van der Waals surface area contributed by atoms with Gasteiger partial charge in [-0.25, -0.2) is 9.67 Å². The number of aliphatic carboxylic acids is 1. The van der Waals surface area contributed by atoms with E-state index in [1.165, 1.54) is 6.07 Å². The van der Waals surface area contributed by atoms with Crippen molar-refractivity contribution in [3.8, 4) is 17.0 Å². The van der Waals surface area contributed by atoms with Crippen molar-refractivity contribution >= 4 is 23.5 Å². The first kappa shape index (κ1) is 18.3. The number of carboxylic acids is 1. The van der Waals surface area contributed by atoms with Crippen LogP contribution in [0.25, 0.3) is 11.3 Å². The van der Waals surface area contributed by atoms with Gasteiger partial charge in [0.15, 0.2) is 5.69 Å². The third-order valence-corrected chi connectivity index (χ3v) is 3.86. The third kappa shape index (κ3) is 4.39. The van der Waals surface area contributed by atoms with Crippen LogP contribution in [0.2, 0.25) is 5.15 Å². The first-order chi connectivity index (χ1) is 12.9. The van der Waals surface area contributed by atoms with E-state index in [0.29, 0.717) is 17.8 Å². The van der Waals surface area contributed by atoms with E-state index in [4.69, 9.17) is 16.7 Å². The van der Waals surface area contributed by atoms with Gasteiger partial charge in [0, 0.05) is 5.56 Å². The average Bonchev–Trinajstić information content (AvgIpc) is 3.10. The molecule has 9 nitrogen and oxygen atoms in total. The first-order valence-electron chi connectivity index (χ1n) is 7.78. The van der Waals surface area contributed by atoms with Gasteiger partial charge in [-0.1, -0.05) is 47.1 Å². The zero-order chi connectivity index (χ0) is 19.4.